The van der Waals surface area contributed by atoms with Gasteiger partial charge in [-0.3, -0.25) is 4.68 Å². The van der Waals surface area contributed by atoms with Gasteiger partial charge in [0.15, 0.2) is 0 Å². The summed E-state index contributed by atoms with van der Waals surface area (Å²) in [6.07, 6.45) is 2.13. The van der Waals surface area contributed by atoms with Crippen LogP contribution in [0.25, 0.3) is 0 Å². The van der Waals surface area contributed by atoms with Crippen molar-refractivity contribution in [3.63, 3.8) is 0 Å². The van der Waals surface area contributed by atoms with Crippen molar-refractivity contribution < 1.29 is 4.74 Å². The molecule has 1 aromatic heterocycles. The third kappa shape index (κ3) is 5.84. The van der Waals surface area contributed by atoms with Crippen LogP contribution in [0.15, 0.2) is 12.3 Å². The van der Waals surface area contributed by atoms with Gasteiger partial charge in [-0.2, -0.15) is 5.10 Å². The van der Waals surface area contributed by atoms with E-state index in [1.54, 1.807) is 0 Å². The summed E-state index contributed by atoms with van der Waals surface area (Å²) < 4.78 is 7.54. The minimum atomic E-state index is 0.285. The van der Waals surface area contributed by atoms with Crippen LogP contribution in [0.5, 0.6) is 0 Å². The van der Waals surface area contributed by atoms with Crippen LogP contribution in [0.2, 0.25) is 0 Å². The molecule has 0 spiro atoms. The zero-order chi connectivity index (χ0) is 12.7. The second-order valence-corrected chi connectivity index (χ2v) is 4.99. The molecule has 0 saturated carbocycles. The van der Waals surface area contributed by atoms with E-state index in [1.807, 2.05) is 24.7 Å². The topological polar surface area (TPSA) is 39.1 Å². The Morgan fingerprint density at radius 3 is 2.76 bits per heavy atom. The Morgan fingerprint density at radius 1 is 1.35 bits per heavy atom. The predicted molar refractivity (Wildman–Crippen MR) is 69.9 cm³/mol. The molecule has 0 saturated heterocycles. The summed E-state index contributed by atoms with van der Waals surface area (Å²) in [6.45, 7) is 12.0. The highest BCUT2D eigenvalue weighted by Gasteiger charge is 2.03. The largest absolute Gasteiger partial charge is 0.377 e. The van der Waals surface area contributed by atoms with Crippen LogP contribution in [0.4, 0.5) is 0 Å². The third-order valence-electron chi connectivity index (χ3n) is 2.42. The van der Waals surface area contributed by atoms with Crippen LogP contribution in [-0.2, 0) is 17.8 Å². The molecule has 0 aromatic carbocycles. The van der Waals surface area contributed by atoms with E-state index in [4.69, 9.17) is 4.74 Å². The van der Waals surface area contributed by atoms with Crippen molar-refractivity contribution in [2.45, 2.75) is 46.9 Å². The van der Waals surface area contributed by atoms with Crippen molar-refractivity contribution >= 4 is 0 Å². The summed E-state index contributed by atoms with van der Waals surface area (Å²) in [4.78, 5) is 0. The lowest BCUT2D eigenvalue weighted by Gasteiger charge is -2.11. The fourth-order valence-corrected chi connectivity index (χ4v) is 1.58. The quantitative estimate of drug-likeness (QED) is 0.754. The Hall–Kier alpha value is -0.870. The van der Waals surface area contributed by atoms with Crippen molar-refractivity contribution in [1.29, 1.82) is 0 Å². The minimum absolute atomic E-state index is 0.285. The van der Waals surface area contributed by atoms with Gasteiger partial charge in [-0.05, 0) is 32.4 Å². The smallest absolute Gasteiger partial charge is 0.0666 e. The lowest BCUT2D eigenvalue weighted by Crippen LogP contribution is -2.22. The maximum Gasteiger partial charge on any atom is 0.0666 e. The van der Waals surface area contributed by atoms with E-state index in [9.17, 15) is 0 Å². The highest BCUT2D eigenvalue weighted by atomic mass is 16.5. The standard InChI is InChI=1S/C13H25N3O/c1-11(2)9-14-10-13-5-6-15-16(13)7-8-17-12(3)4/h5-6,11-12,14H,7-10H2,1-4H3. The fraction of sp³-hybridized carbons (Fsp3) is 0.769. The molecule has 0 aliphatic heterocycles. The highest BCUT2D eigenvalue weighted by Crippen LogP contribution is 2.00. The number of hydrogen-bond donors (Lipinski definition) is 1. The molecule has 4 heteroatoms. The Bertz CT molecular complexity index is 279. The summed E-state index contributed by atoms with van der Waals surface area (Å²) >= 11 is 0. The highest BCUT2D eigenvalue weighted by molar-refractivity contribution is 4.99. The Labute approximate surface area is 104 Å². The summed E-state index contributed by atoms with van der Waals surface area (Å²) in [5, 5.41) is 7.73. The van der Waals surface area contributed by atoms with Crippen molar-refractivity contribution in [1.82, 2.24) is 15.1 Å². The van der Waals surface area contributed by atoms with Crippen LogP contribution in [-0.4, -0.2) is 29.0 Å². The van der Waals surface area contributed by atoms with Crippen molar-refractivity contribution in [3.8, 4) is 0 Å². The molecule has 0 unspecified atom stereocenters. The first-order chi connectivity index (χ1) is 8.09. The van der Waals surface area contributed by atoms with Crippen molar-refractivity contribution in [2.75, 3.05) is 13.2 Å². The van der Waals surface area contributed by atoms with Crippen LogP contribution < -0.4 is 5.32 Å². The molecule has 0 aliphatic rings. The monoisotopic (exact) mass is 239 g/mol. The van der Waals surface area contributed by atoms with Gasteiger partial charge in [0, 0.05) is 12.7 Å². The molecule has 0 radical (unpaired) electrons. The van der Waals surface area contributed by atoms with Gasteiger partial charge in [0.1, 0.15) is 0 Å². The molecule has 17 heavy (non-hydrogen) atoms. The van der Waals surface area contributed by atoms with E-state index in [2.05, 4.69) is 30.3 Å². The second kappa shape index (κ2) is 7.45. The molecular formula is C13H25N3O. The van der Waals surface area contributed by atoms with E-state index in [1.165, 1.54) is 5.69 Å². The molecule has 0 bridgehead atoms. The molecule has 1 aromatic rings. The van der Waals surface area contributed by atoms with E-state index < -0.39 is 0 Å². The first kappa shape index (κ1) is 14.2. The van der Waals surface area contributed by atoms with Crippen LogP contribution in [0.1, 0.15) is 33.4 Å². The molecule has 0 atom stereocenters. The van der Waals surface area contributed by atoms with E-state index in [-0.39, 0.29) is 6.10 Å². The van der Waals surface area contributed by atoms with Gasteiger partial charge < -0.3 is 10.1 Å². The van der Waals surface area contributed by atoms with Gasteiger partial charge in [-0.25, -0.2) is 0 Å². The molecule has 1 N–H and O–H groups in total. The van der Waals surface area contributed by atoms with E-state index >= 15 is 0 Å². The van der Waals surface area contributed by atoms with Crippen molar-refractivity contribution in [3.05, 3.63) is 18.0 Å². The van der Waals surface area contributed by atoms with E-state index in [0.29, 0.717) is 5.92 Å². The zero-order valence-corrected chi connectivity index (χ0v) is 11.4. The van der Waals surface area contributed by atoms with Gasteiger partial charge >= 0.3 is 0 Å². The van der Waals surface area contributed by atoms with E-state index in [0.717, 1.165) is 26.2 Å². The van der Waals surface area contributed by atoms with Gasteiger partial charge in [-0.1, -0.05) is 13.8 Å². The van der Waals surface area contributed by atoms with Gasteiger partial charge in [0.2, 0.25) is 0 Å². The number of hydrogen-bond acceptors (Lipinski definition) is 3. The SMILES string of the molecule is CC(C)CNCc1ccnn1CCOC(C)C. The first-order valence-electron chi connectivity index (χ1n) is 6.42. The molecule has 0 aliphatic carbocycles. The minimum Gasteiger partial charge on any atom is -0.377 e. The molecule has 0 amide bonds. The Morgan fingerprint density at radius 2 is 2.12 bits per heavy atom. The lowest BCUT2D eigenvalue weighted by atomic mass is 10.2. The summed E-state index contributed by atoms with van der Waals surface area (Å²) in [7, 11) is 0. The number of rotatable bonds is 8. The lowest BCUT2D eigenvalue weighted by molar-refractivity contribution is 0.0704. The van der Waals surface area contributed by atoms with Crippen LogP contribution in [0, 0.1) is 5.92 Å². The van der Waals surface area contributed by atoms with Gasteiger partial charge in [-0.15, -0.1) is 0 Å². The van der Waals surface area contributed by atoms with Crippen LogP contribution >= 0.6 is 0 Å². The normalized spacial score (nSPS) is 11.6. The fourth-order valence-electron chi connectivity index (χ4n) is 1.58. The van der Waals surface area contributed by atoms with Crippen LogP contribution in [0.3, 0.4) is 0 Å². The zero-order valence-electron chi connectivity index (χ0n) is 11.4. The second-order valence-electron chi connectivity index (χ2n) is 4.99. The summed E-state index contributed by atoms with van der Waals surface area (Å²) in [5.74, 6) is 0.677. The van der Waals surface area contributed by atoms with Crippen molar-refractivity contribution in [2.24, 2.45) is 5.92 Å². The first-order valence-corrected chi connectivity index (χ1v) is 6.42. The number of ether oxygens (including phenoxy) is 1. The van der Waals surface area contributed by atoms with Gasteiger partial charge in [0.05, 0.1) is 24.9 Å². The summed E-state index contributed by atoms with van der Waals surface area (Å²) in [5.41, 5.74) is 1.22. The van der Waals surface area contributed by atoms with Gasteiger partial charge in [0.25, 0.3) is 0 Å². The third-order valence-corrected chi connectivity index (χ3v) is 2.42. The maximum atomic E-state index is 5.53. The number of aromatic nitrogens is 2. The maximum absolute atomic E-state index is 5.53. The average molecular weight is 239 g/mol. The molecular weight excluding hydrogens is 214 g/mol. The molecule has 98 valence electrons. The number of nitrogens with one attached hydrogen (secondary N) is 1. The Balaban J connectivity index is 2.32. The molecule has 1 heterocycles. The Kier molecular flexibility index (Phi) is 6.22. The number of nitrogens with zero attached hydrogens (tertiary/aromatic N) is 2. The molecule has 4 nitrogen and oxygen atoms in total. The summed E-state index contributed by atoms with van der Waals surface area (Å²) in [6, 6.07) is 2.06. The predicted octanol–water partition coefficient (Wildman–Crippen LogP) is 2.05. The average Bonchev–Trinajstić information content (AvgIpc) is 2.65. The molecule has 0 fully saturated rings. The molecule has 1 rings (SSSR count).